The van der Waals surface area contributed by atoms with Crippen molar-refractivity contribution < 1.29 is 8.42 Å². The lowest BCUT2D eigenvalue weighted by molar-refractivity contribution is 0.338. The highest BCUT2D eigenvalue weighted by molar-refractivity contribution is 7.89. The number of nitrogens with one attached hydrogen (secondary N) is 1. The van der Waals surface area contributed by atoms with Gasteiger partial charge >= 0.3 is 0 Å². The van der Waals surface area contributed by atoms with Gasteiger partial charge in [-0.2, -0.15) is 4.31 Å². The number of nitrogens with zero attached hydrogens (tertiary/aromatic N) is 1. The molecule has 124 valence electrons. The van der Waals surface area contributed by atoms with Gasteiger partial charge in [-0.05, 0) is 48.4 Å². The first-order valence-electron chi connectivity index (χ1n) is 7.74. The zero-order chi connectivity index (χ0) is 15.1. The van der Waals surface area contributed by atoms with Crippen LogP contribution in [-0.2, 0) is 10.0 Å². The average molecular weight is 345 g/mol. The Labute approximate surface area is 139 Å². The standard InChI is InChI=1S/C16H24N2O2S.ClH/c1-13(2)14-3-5-15(6-4-14)21(19,20)18-10-8-16(12-18)7-9-17-11-16;/h3-6,13,17H,7-12H2,1-2H3;1H. The maximum Gasteiger partial charge on any atom is 0.243 e. The fourth-order valence-corrected chi connectivity index (χ4v) is 4.97. The summed E-state index contributed by atoms with van der Waals surface area (Å²) in [4.78, 5) is 0.426. The molecule has 1 unspecified atom stereocenters. The molecule has 2 fully saturated rings. The van der Waals surface area contributed by atoms with Crippen molar-refractivity contribution in [1.29, 1.82) is 0 Å². The van der Waals surface area contributed by atoms with Gasteiger partial charge in [0.25, 0.3) is 0 Å². The molecule has 1 aromatic carbocycles. The summed E-state index contributed by atoms with van der Waals surface area (Å²) in [6.45, 7) is 7.49. The maximum atomic E-state index is 12.8. The van der Waals surface area contributed by atoms with Crippen molar-refractivity contribution in [3.05, 3.63) is 29.8 Å². The minimum atomic E-state index is -3.34. The van der Waals surface area contributed by atoms with Crippen molar-refractivity contribution >= 4 is 22.4 Å². The van der Waals surface area contributed by atoms with Gasteiger partial charge in [-0.3, -0.25) is 0 Å². The van der Waals surface area contributed by atoms with Gasteiger partial charge in [-0.25, -0.2) is 8.42 Å². The molecule has 2 aliphatic heterocycles. The third-order valence-corrected chi connectivity index (χ3v) is 6.78. The monoisotopic (exact) mass is 344 g/mol. The molecule has 1 atom stereocenters. The molecular formula is C16H25ClN2O2S. The maximum absolute atomic E-state index is 12.8. The van der Waals surface area contributed by atoms with Gasteiger partial charge in [0.05, 0.1) is 4.90 Å². The first-order valence-corrected chi connectivity index (χ1v) is 9.18. The average Bonchev–Trinajstić information content (AvgIpc) is 3.10. The van der Waals surface area contributed by atoms with Crippen LogP contribution in [0.25, 0.3) is 0 Å². The van der Waals surface area contributed by atoms with Gasteiger partial charge in [-0.1, -0.05) is 26.0 Å². The van der Waals surface area contributed by atoms with Crippen LogP contribution in [-0.4, -0.2) is 38.9 Å². The highest BCUT2D eigenvalue weighted by Gasteiger charge is 2.44. The zero-order valence-electron chi connectivity index (χ0n) is 13.2. The molecule has 4 nitrogen and oxygen atoms in total. The molecule has 2 aliphatic rings. The van der Waals surface area contributed by atoms with Crippen LogP contribution in [0.5, 0.6) is 0 Å². The molecule has 0 aliphatic carbocycles. The molecule has 1 N–H and O–H groups in total. The van der Waals surface area contributed by atoms with Crippen molar-refractivity contribution in [2.45, 2.75) is 37.5 Å². The van der Waals surface area contributed by atoms with Crippen molar-refractivity contribution in [2.75, 3.05) is 26.2 Å². The number of rotatable bonds is 3. The van der Waals surface area contributed by atoms with Crippen molar-refractivity contribution in [3.8, 4) is 0 Å². The second-order valence-electron chi connectivity index (χ2n) is 6.74. The third-order valence-electron chi connectivity index (χ3n) is 4.92. The number of sulfonamides is 1. The van der Waals surface area contributed by atoms with Crippen LogP contribution in [0.1, 0.15) is 38.2 Å². The first kappa shape index (κ1) is 17.7. The number of hydrogen-bond donors (Lipinski definition) is 1. The van der Waals surface area contributed by atoms with E-state index >= 15 is 0 Å². The molecule has 1 aromatic rings. The Balaban J connectivity index is 0.00000176. The Morgan fingerprint density at radius 1 is 1.18 bits per heavy atom. The summed E-state index contributed by atoms with van der Waals surface area (Å²) in [7, 11) is -3.34. The van der Waals surface area contributed by atoms with Crippen molar-refractivity contribution in [3.63, 3.8) is 0 Å². The first-order chi connectivity index (χ1) is 9.93. The molecular weight excluding hydrogens is 320 g/mol. The van der Waals surface area contributed by atoms with Crippen molar-refractivity contribution in [1.82, 2.24) is 9.62 Å². The highest BCUT2D eigenvalue weighted by atomic mass is 35.5. The van der Waals surface area contributed by atoms with Crippen molar-refractivity contribution in [2.24, 2.45) is 5.41 Å². The van der Waals surface area contributed by atoms with Crippen LogP contribution < -0.4 is 5.32 Å². The summed E-state index contributed by atoms with van der Waals surface area (Å²) in [6.07, 6.45) is 2.06. The second-order valence-corrected chi connectivity index (χ2v) is 8.68. The summed E-state index contributed by atoms with van der Waals surface area (Å²) < 4.78 is 27.2. The summed E-state index contributed by atoms with van der Waals surface area (Å²) in [5.74, 6) is 0.418. The van der Waals surface area contributed by atoms with E-state index in [4.69, 9.17) is 0 Å². The molecule has 2 heterocycles. The minimum absolute atomic E-state index is 0. The number of benzene rings is 1. The van der Waals surface area contributed by atoms with Crippen LogP contribution in [0.3, 0.4) is 0 Å². The lowest BCUT2D eigenvalue weighted by Crippen LogP contribution is -2.33. The number of halogens is 1. The van der Waals surface area contributed by atoms with Crippen LogP contribution >= 0.6 is 12.4 Å². The molecule has 0 bridgehead atoms. The van der Waals surface area contributed by atoms with Gasteiger partial charge in [0.2, 0.25) is 10.0 Å². The molecule has 0 aromatic heterocycles. The van der Waals surface area contributed by atoms with E-state index in [1.807, 2.05) is 12.1 Å². The SMILES string of the molecule is CC(C)c1ccc(S(=O)(=O)N2CCC3(CCNC3)C2)cc1.Cl. The fraction of sp³-hybridized carbons (Fsp3) is 0.625. The van der Waals surface area contributed by atoms with Crippen LogP contribution in [0.15, 0.2) is 29.2 Å². The van der Waals surface area contributed by atoms with E-state index in [-0.39, 0.29) is 17.8 Å². The third kappa shape index (κ3) is 3.18. The Hall–Kier alpha value is -0.620. The van der Waals surface area contributed by atoms with Gasteiger partial charge in [0.15, 0.2) is 0 Å². The van der Waals surface area contributed by atoms with E-state index in [0.717, 1.165) is 25.9 Å². The van der Waals surface area contributed by atoms with E-state index in [0.29, 0.717) is 23.9 Å². The fourth-order valence-electron chi connectivity index (χ4n) is 3.42. The van der Waals surface area contributed by atoms with Gasteiger partial charge in [0.1, 0.15) is 0 Å². The van der Waals surface area contributed by atoms with Gasteiger partial charge < -0.3 is 5.32 Å². The van der Waals surface area contributed by atoms with Crippen LogP contribution in [0.2, 0.25) is 0 Å². The predicted molar refractivity (Wildman–Crippen MR) is 91.1 cm³/mol. The Morgan fingerprint density at radius 2 is 1.86 bits per heavy atom. The lowest BCUT2D eigenvalue weighted by atomic mass is 9.87. The molecule has 22 heavy (non-hydrogen) atoms. The normalized spacial score (nSPS) is 25.8. The minimum Gasteiger partial charge on any atom is -0.316 e. The molecule has 1 spiro atoms. The lowest BCUT2D eigenvalue weighted by Gasteiger charge is -2.22. The Morgan fingerprint density at radius 3 is 2.41 bits per heavy atom. The molecule has 0 radical (unpaired) electrons. The van der Waals surface area contributed by atoms with Gasteiger partial charge in [-0.15, -0.1) is 12.4 Å². The van der Waals surface area contributed by atoms with Crippen LogP contribution in [0.4, 0.5) is 0 Å². The molecule has 3 rings (SSSR count). The predicted octanol–water partition coefficient (Wildman–Crippen LogP) is 2.61. The summed E-state index contributed by atoms with van der Waals surface area (Å²) >= 11 is 0. The quantitative estimate of drug-likeness (QED) is 0.917. The summed E-state index contributed by atoms with van der Waals surface area (Å²) in [6, 6.07) is 7.37. The summed E-state index contributed by atoms with van der Waals surface area (Å²) in [5, 5.41) is 3.37. The molecule has 2 saturated heterocycles. The molecule has 6 heteroatoms. The van der Waals surface area contributed by atoms with E-state index < -0.39 is 10.0 Å². The summed E-state index contributed by atoms with van der Waals surface area (Å²) in [5.41, 5.74) is 1.34. The largest absolute Gasteiger partial charge is 0.316 e. The highest BCUT2D eigenvalue weighted by Crippen LogP contribution is 2.38. The second kappa shape index (κ2) is 6.48. The van der Waals surface area contributed by atoms with E-state index in [2.05, 4.69) is 19.2 Å². The van der Waals surface area contributed by atoms with Gasteiger partial charge in [0, 0.05) is 19.6 Å². The van der Waals surface area contributed by atoms with E-state index in [1.54, 1.807) is 16.4 Å². The number of hydrogen-bond acceptors (Lipinski definition) is 3. The van der Waals surface area contributed by atoms with E-state index in [1.165, 1.54) is 5.56 Å². The smallest absolute Gasteiger partial charge is 0.243 e. The van der Waals surface area contributed by atoms with Crippen LogP contribution in [0, 0.1) is 5.41 Å². The van der Waals surface area contributed by atoms with E-state index in [9.17, 15) is 8.42 Å². The molecule has 0 amide bonds. The Bertz CT molecular complexity index is 608. The zero-order valence-corrected chi connectivity index (χ0v) is 14.8. The topological polar surface area (TPSA) is 49.4 Å². The Kier molecular flexibility index (Phi) is 5.22. The molecule has 0 saturated carbocycles.